The number of aromatic nitrogens is 3. The van der Waals surface area contributed by atoms with Crippen LogP contribution in [-0.4, -0.2) is 28.6 Å². The van der Waals surface area contributed by atoms with Crippen molar-refractivity contribution in [3.8, 4) is 5.95 Å². The molecular formula is C14H12Cl2N4. The summed E-state index contributed by atoms with van der Waals surface area (Å²) in [5.41, 5.74) is 0.849. The van der Waals surface area contributed by atoms with E-state index in [0.29, 0.717) is 16.3 Å². The molecule has 1 aromatic carbocycles. The van der Waals surface area contributed by atoms with E-state index in [1.165, 1.54) is 0 Å². The first-order chi connectivity index (χ1) is 9.58. The van der Waals surface area contributed by atoms with Crippen LogP contribution in [0.3, 0.4) is 0 Å². The predicted molar refractivity (Wildman–Crippen MR) is 83.2 cm³/mol. The van der Waals surface area contributed by atoms with E-state index in [2.05, 4.69) is 9.97 Å². The van der Waals surface area contributed by atoms with Gasteiger partial charge in [0.1, 0.15) is 16.1 Å². The number of hydrogen-bond acceptors (Lipinski definition) is 3. The molecule has 0 N–H and O–H groups in total. The van der Waals surface area contributed by atoms with Gasteiger partial charge < -0.3 is 4.90 Å². The molecule has 2 heterocycles. The highest BCUT2D eigenvalue weighted by Crippen LogP contribution is 2.27. The van der Waals surface area contributed by atoms with Gasteiger partial charge in [-0.15, -0.1) is 0 Å². The van der Waals surface area contributed by atoms with Crippen LogP contribution in [0.25, 0.3) is 16.9 Å². The van der Waals surface area contributed by atoms with Crippen LogP contribution in [0.4, 0.5) is 5.82 Å². The first kappa shape index (κ1) is 13.2. The van der Waals surface area contributed by atoms with Crippen molar-refractivity contribution in [2.45, 2.75) is 0 Å². The second-order valence-corrected chi connectivity index (χ2v) is 5.35. The molecule has 2 aromatic heterocycles. The third-order valence-corrected chi connectivity index (χ3v) is 3.57. The zero-order valence-electron chi connectivity index (χ0n) is 11.0. The Morgan fingerprint density at radius 1 is 0.950 bits per heavy atom. The summed E-state index contributed by atoms with van der Waals surface area (Å²) in [6, 6.07) is 11.3. The van der Waals surface area contributed by atoms with Crippen LogP contribution in [0.5, 0.6) is 0 Å². The molecule has 3 rings (SSSR count). The molecule has 0 saturated carbocycles. The van der Waals surface area contributed by atoms with Crippen molar-refractivity contribution < 1.29 is 0 Å². The summed E-state index contributed by atoms with van der Waals surface area (Å²) >= 11 is 12.3. The zero-order chi connectivity index (χ0) is 14.3. The number of halogens is 2. The first-order valence-electron chi connectivity index (χ1n) is 6.05. The minimum atomic E-state index is 0.465. The Morgan fingerprint density at radius 2 is 1.60 bits per heavy atom. The lowest BCUT2D eigenvalue weighted by molar-refractivity contribution is 0.935. The van der Waals surface area contributed by atoms with E-state index in [-0.39, 0.29) is 0 Å². The quantitative estimate of drug-likeness (QED) is 0.722. The molecule has 0 spiro atoms. The van der Waals surface area contributed by atoms with E-state index in [1.54, 1.807) is 16.7 Å². The molecule has 6 heteroatoms. The van der Waals surface area contributed by atoms with E-state index >= 15 is 0 Å². The van der Waals surface area contributed by atoms with Crippen molar-refractivity contribution in [1.82, 2.24) is 14.5 Å². The summed E-state index contributed by atoms with van der Waals surface area (Å²) in [5.74, 6) is 1.29. The molecule has 0 aliphatic heterocycles. The highest BCUT2D eigenvalue weighted by molar-refractivity contribution is 6.33. The summed E-state index contributed by atoms with van der Waals surface area (Å²) in [6.07, 6.45) is 0. The van der Waals surface area contributed by atoms with Gasteiger partial charge in [-0.1, -0.05) is 35.3 Å². The Kier molecular flexibility index (Phi) is 3.28. The fraction of sp³-hybridized carbons (Fsp3) is 0.143. The van der Waals surface area contributed by atoms with Gasteiger partial charge in [0.2, 0.25) is 5.95 Å². The molecule has 0 aliphatic carbocycles. The van der Waals surface area contributed by atoms with Gasteiger partial charge in [0, 0.05) is 19.5 Å². The molecule has 0 bridgehead atoms. The molecule has 0 amide bonds. The lowest BCUT2D eigenvalue weighted by Gasteiger charge is -2.16. The lowest BCUT2D eigenvalue weighted by atomic mass is 10.2. The van der Waals surface area contributed by atoms with Crippen LogP contribution in [0.15, 0.2) is 36.4 Å². The van der Waals surface area contributed by atoms with Crippen molar-refractivity contribution in [2.24, 2.45) is 0 Å². The number of fused-ring (bicyclic) bond motifs is 1. The maximum atomic E-state index is 6.15. The van der Waals surface area contributed by atoms with Crippen molar-refractivity contribution in [2.75, 3.05) is 19.0 Å². The normalized spacial score (nSPS) is 11.0. The van der Waals surface area contributed by atoms with Crippen molar-refractivity contribution >= 4 is 39.9 Å². The topological polar surface area (TPSA) is 34.0 Å². The first-order valence-corrected chi connectivity index (χ1v) is 6.81. The Balaban J connectivity index is 2.33. The molecule has 3 aromatic rings. The van der Waals surface area contributed by atoms with E-state index < -0.39 is 0 Å². The second-order valence-electron chi connectivity index (χ2n) is 4.57. The average molecular weight is 307 g/mol. The monoisotopic (exact) mass is 306 g/mol. The smallest absolute Gasteiger partial charge is 0.238 e. The summed E-state index contributed by atoms with van der Waals surface area (Å²) in [5, 5.41) is 1.95. The van der Waals surface area contributed by atoms with Gasteiger partial charge in [-0.05, 0) is 24.3 Å². The predicted octanol–water partition coefficient (Wildman–Crippen LogP) is 3.79. The molecule has 0 atom stereocenters. The van der Waals surface area contributed by atoms with Crippen LogP contribution in [-0.2, 0) is 0 Å². The van der Waals surface area contributed by atoms with Crippen molar-refractivity contribution in [1.29, 1.82) is 0 Å². The maximum Gasteiger partial charge on any atom is 0.238 e. The Hall–Kier alpha value is -1.78. The number of nitrogens with zero attached hydrogens (tertiary/aromatic N) is 4. The third-order valence-electron chi connectivity index (χ3n) is 2.98. The van der Waals surface area contributed by atoms with Crippen LogP contribution in [0, 0.1) is 0 Å². The largest absolute Gasteiger partial charge is 0.362 e. The van der Waals surface area contributed by atoms with Crippen LogP contribution >= 0.6 is 23.2 Å². The summed E-state index contributed by atoms with van der Waals surface area (Å²) < 4.78 is 1.61. The molecule has 0 unspecified atom stereocenters. The fourth-order valence-electron chi connectivity index (χ4n) is 2.07. The fourth-order valence-corrected chi connectivity index (χ4v) is 2.57. The number of para-hydroxylation sites is 1. The van der Waals surface area contributed by atoms with Gasteiger partial charge in [-0.25, -0.2) is 4.98 Å². The van der Waals surface area contributed by atoms with Gasteiger partial charge in [0.25, 0.3) is 0 Å². The maximum absolute atomic E-state index is 6.15. The number of anilines is 1. The molecule has 0 fully saturated rings. The van der Waals surface area contributed by atoms with Crippen LogP contribution in [0.1, 0.15) is 0 Å². The molecule has 0 aliphatic rings. The lowest BCUT2D eigenvalue weighted by Crippen LogP contribution is -2.14. The minimum Gasteiger partial charge on any atom is -0.362 e. The second kappa shape index (κ2) is 4.96. The molecule has 102 valence electrons. The van der Waals surface area contributed by atoms with Crippen molar-refractivity contribution in [3.05, 3.63) is 46.7 Å². The van der Waals surface area contributed by atoms with E-state index in [0.717, 1.165) is 16.7 Å². The standard InChI is InChI=1S/C14H12Cl2N4/c1-19(2)13-9-5-3-4-6-10(9)17-14(18-13)20-11(15)7-8-12(20)16/h3-8H,1-2H3. The van der Waals surface area contributed by atoms with Crippen molar-refractivity contribution in [3.63, 3.8) is 0 Å². The summed E-state index contributed by atoms with van der Waals surface area (Å²) in [4.78, 5) is 11.1. The Morgan fingerprint density at radius 3 is 2.25 bits per heavy atom. The Bertz CT molecular complexity index is 760. The minimum absolute atomic E-state index is 0.465. The van der Waals surface area contributed by atoms with Crippen LogP contribution < -0.4 is 4.90 Å². The molecular weight excluding hydrogens is 295 g/mol. The summed E-state index contributed by atoms with van der Waals surface area (Å²) in [7, 11) is 3.88. The highest BCUT2D eigenvalue weighted by Gasteiger charge is 2.14. The molecule has 20 heavy (non-hydrogen) atoms. The third kappa shape index (κ3) is 2.11. The SMILES string of the molecule is CN(C)c1nc(-n2c(Cl)ccc2Cl)nc2ccccc12. The van der Waals surface area contributed by atoms with E-state index in [9.17, 15) is 0 Å². The van der Waals surface area contributed by atoms with Gasteiger partial charge in [-0.2, -0.15) is 4.98 Å². The molecule has 0 radical (unpaired) electrons. The molecule has 0 saturated heterocycles. The highest BCUT2D eigenvalue weighted by atomic mass is 35.5. The van der Waals surface area contributed by atoms with E-state index in [1.807, 2.05) is 43.3 Å². The van der Waals surface area contributed by atoms with Gasteiger partial charge in [0.05, 0.1) is 5.52 Å². The van der Waals surface area contributed by atoms with Gasteiger partial charge >= 0.3 is 0 Å². The Labute approximate surface area is 126 Å². The van der Waals surface area contributed by atoms with Gasteiger partial charge in [0.15, 0.2) is 0 Å². The van der Waals surface area contributed by atoms with Gasteiger partial charge in [-0.3, -0.25) is 4.57 Å². The van der Waals surface area contributed by atoms with E-state index in [4.69, 9.17) is 23.2 Å². The number of hydrogen-bond donors (Lipinski definition) is 0. The number of rotatable bonds is 2. The average Bonchev–Trinajstić information content (AvgIpc) is 2.77. The number of benzene rings is 1. The van der Waals surface area contributed by atoms with Crippen LogP contribution in [0.2, 0.25) is 10.3 Å². The zero-order valence-corrected chi connectivity index (χ0v) is 12.5. The molecule has 4 nitrogen and oxygen atoms in total. The summed E-state index contributed by atoms with van der Waals surface area (Å²) in [6.45, 7) is 0.